The lowest BCUT2D eigenvalue weighted by atomic mass is 9.97. The minimum atomic E-state index is 0.302. The monoisotopic (exact) mass is 337 g/mol. The smallest absolute Gasteiger partial charge is 0.0674 e. The van der Waals surface area contributed by atoms with Crippen LogP contribution in [0.3, 0.4) is 0 Å². The van der Waals surface area contributed by atoms with Gasteiger partial charge in [-0.1, -0.05) is 30.7 Å². The molecule has 0 bridgehead atoms. The quantitative estimate of drug-likeness (QED) is 0.788. The van der Waals surface area contributed by atoms with Crippen LogP contribution in [0.2, 0.25) is 0 Å². The first-order chi connectivity index (χ1) is 9.11. The maximum Gasteiger partial charge on any atom is 0.0674 e. The third-order valence-electron chi connectivity index (χ3n) is 3.22. The van der Waals surface area contributed by atoms with Crippen molar-refractivity contribution >= 4 is 27.3 Å². The van der Waals surface area contributed by atoms with Gasteiger partial charge in [0.2, 0.25) is 0 Å². The van der Waals surface area contributed by atoms with Gasteiger partial charge in [-0.2, -0.15) is 0 Å². The lowest BCUT2D eigenvalue weighted by Crippen LogP contribution is -2.23. The van der Waals surface area contributed by atoms with Crippen molar-refractivity contribution in [1.29, 1.82) is 0 Å². The lowest BCUT2D eigenvalue weighted by molar-refractivity contribution is 0.603. The molecule has 1 nitrogen and oxygen atoms in total. The van der Waals surface area contributed by atoms with Gasteiger partial charge in [0, 0.05) is 14.7 Å². The molecule has 0 radical (unpaired) electrons. The van der Waals surface area contributed by atoms with Crippen molar-refractivity contribution in [3.05, 3.63) is 55.7 Å². The van der Waals surface area contributed by atoms with E-state index in [2.05, 4.69) is 71.7 Å². The SMILES string of the molecule is CCCNC(c1cc(Br)cs1)c1cc(C)ccc1C. The van der Waals surface area contributed by atoms with Crippen molar-refractivity contribution in [2.24, 2.45) is 0 Å². The van der Waals surface area contributed by atoms with Gasteiger partial charge >= 0.3 is 0 Å². The van der Waals surface area contributed by atoms with Crippen molar-refractivity contribution in [2.45, 2.75) is 33.2 Å². The van der Waals surface area contributed by atoms with Gasteiger partial charge in [0.1, 0.15) is 0 Å². The fraction of sp³-hybridized carbons (Fsp3) is 0.375. The van der Waals surface area contributed by atoms with Gasteiger partial charge in [-0.3, -0.25) is 0 Å². The highest BCUT2D eigenvalue weighted by Crippen LogP contribution is 2.32. The van der Waals surface area contributed by atoms with Gasteiger partial charge < -0.3 is 5.32 Å². The number of hydrogen-bond donors (Lipinski definition) is 1. The van der Waals surface area contributed by atoms with Crippen LogP contribution in [0.1, 0.15) is 41.0 Å². The number of benzene rings is 1. The van der Waals surface area contributed by atoms with Crippen molar-refractivity contribution in [3.8, 4) is 0 Å². The summed E-state index contributed by atoms with van der Waals surface area (Å²) in [6.07, 6.45) is 1.15. The van der Waals surface area contributed by atoms with Gasteiger partial charge in [-0.05, 0) is 59.9 Å². The Morgan fingerprint density at radius 3 is 2.68 bits per heavy atom. The molecule has 2 aromatic rings. The van der Waals surface area contributed by atoms with E-state index in [0.717, 1.165) is 13.0 Å². The van der Waals surface area contributed by atoms with E-state index in [9.17, 15) is 0 Å². The lowest BCUT2D eigenvalue weighted by Gasteiger charge is -2.20. The van der Waals surface area contributed by atoms with Crippen LogP contribution in [0.15, 0.2) is 34.1 Å². The molecule has 1 aromatic heterocycles. The van der Waals surface area contributed by atoms with Crippen LogP contribution in [0.4, 0.5) is 0 Å². The molecule has 2 rings (SSSR count). The zero-order valence-corrected chi connectivity index (χ0v) is 14.1. The predicted octanol–water partition coefficient (Wildman–Crippen LogP) is 5.22. The van der Waals surface area contributed by atoms with E-state index in [4.69, 9.17) is 0 Å². The molecule has 1 unspecified atom stereocenters. The number of hydrogen-bond acceptors (Lipinski definition) is 2. The molecular formula is C16H20BrNS. The Kier molecular flexibility index (Phi) is 5.20. The van der Waals surface area contributed by atoms with Gasteiger partial charge in [0.25, 0.3) is 0 Å². The number of aryl methyl sites for hydroxylation is 2. The first kappa shape index (κ1) is 14.8. The van der Waals surface area contributed by atoms with Gasteiger partial charge in [0.05, 0.1) is 6.04 Å². The first-order valence-electron chi connectivity index (χ1n) is 6.66. The summed E-state index contributed by atoms with van der Waals surface area (Å²) in [4.78, 5) is 1.37. The Morgan fingerprint density at radius 2 is 2.05 bits per heavy atom. The highest BCUT2D eigenvalue weighted by atomic mass is 79.9. The molecule has 0 aliphatic heterocycles. The predicted molar refractivity (Wildman–Crippen MR) is 88.1 cm³/mol. The molecule has 1 N–H and O–H groups in total. The maximum atomic E-state index is 3.67. The second kappa shape index (κ2) is 6.69. The molecule has 1 atom stereocenters. The Labute approximate surface area is 128 Å². The summed E-state index contributed by atoms with van der Waals surface area (Å²) < 4.78 is 1.17. The van der Waals surface area contributed by atoms with Gasteiger partial charge in [-0.25, -0.2) is 0 Å². The number of nitrogens with one attached hydrogen (secondary N) is 1. The topological polar surface area (TPSA) is 12.0 Å². The number of rotatable bonds is 5. The van der Waals surface area contributed by atoms with Crippen LogP contribution in [0.5, 0.6) is 0 Å². The van der Waals surface area contributed by atoms with Crippen molar-refractivity contribution in [3.63, 3.8) is 0 Å². The Morgan fingerprint density at radius 1 is 1.26 bits per heavy atom. The maximum absolute atomic E-state index is 3.67. The largest absolute Gasteiger partial charge is 0.306 e. The first-order valence-corrected chi connectivity index (χ1v) is 8.33. The summed E-state index contributed by atoms with van der Waals surface area (Å²) >= 11 is 5.36. The second-order valence-electron chi connectivity index (χ2n) is 4.91. The molecule has 0 aliphatic rings. The van der Waals surface area contributed by atoms with Gasteiger partial charge in [0.15, 0.2) is 0 Å². The summed E-state index contributed by atoms with van der Waals surface area (Å²) in [6, 6.07) is 9.22. The van der Waals surface area contributed by atoms with Crippen molar-refractivity contribution in [1.82, 2.24) is 5.32 Å². The Bertz CT molecular complexity index is 547. The second-order valence-corrected chi connectivity index (χ2v) is 6.77. The average Bonchev–Trinajstić information content (AvgIpc) is 2.80. The fourth-order valence-corrected chi connectivity index (χ4v) is 3.74. The molecule has 0 aliphatic carbocycles. The highest BCUT2D eigenvalue weighted by molar-refractivity contribution is 9.10. The molecule has 19 heavy (non-hydrogen) atoms. The molecule has 0 saturated heterocycles. The zero-order chi connectivity index (χ0) is 13.8. The molecule has 102 valence electrons. The van der Waals surface area contributed by atoms with Gasteiger partial charge in [-0.15, -0.1) is 11.3 Å². The van der Waals surface area contributed by atoms with E-state index in [1.807, 2.05) is 11.3 Å². The molecule has 1 heterocycles. The van der Waals surface area contributed by atoms with Crippen LogP contribution in [-0.2, 0) is 0 Å². The Balaban J connectivity index is 2.39. The van der Waals surface area contributed by atoms with Crippen molar-refractivity contribution < 1.29 is 0 Å². The summed E-state index contributed by atoms with van der Waals surface area (Å²) in [7, 11) is 0. The van der Waals surface area contributed by atoms with Crippen LogP contribution in [0, 0.1) is 13.8 Å². The fourth-order valence-electron chi connectivity index (χ4n) is 2.20. The normalized spacial score (nSPS) is 12.6. The van der Waals surface area contributed by atoms with Crippen LogP contribution < -0.4 is 5.32 Å². The summed E-state index contributed by atoms with van der Waals surface area (Å²) in [6.45, 7) is 7.59. The summed E-state index contributed by atoms with van der Waals surface area (Å²) in [5.74, 6) is 0. The Hall–Kier alpha value is -0.640. The third kappa shape index (κ3) is 3.68. The van der Waals surface area contributed by atoms with E-state index < -0.39 is 0 Å². The molecule has 0 spiro atoms. The summed E-state index contributed by atoms with van der Waals surface area (Å²) in [5.41, 5.74) is 4.06. The standard InChI is InChI=1S/C16H20BrNS/c1-4-7-18-16(15-9-13(17)10-19-15)14-8-11(2)5-6-12(14)3/h5-6,8-10,16,18H,4,7H2,1-3H3. The number of halogens is 1. The van der Waals surface area contributed by atoms with E-state index >= 15 is 0 Å². The van der Waals surface area contributed by atoms with Crippen LogP contribution >= 0.6 is 27.3 Å². The molecule has 3 heteroatoms. The third-order valence-corrected chi connectivity index (χ3v) is 4.97. The van der Waals surface area contributed by atoms with Crippen molar-refractivity contribution in [2.75, 3.05) is 6.54 Å². The van der Waals surface area contributed by atoms with Crippen LogP contribution in [-0.4, -0.2) is 6.54 Å². The summed E-state index contributed by atoms with van der Waals surface area (Å²) in [5, 5.41) is 5.83. The minimum Gasteiger partial charge on any atom is -0.306 e. The highest BCUT2D eigenvalue weighted by Gasteiger charge is 2.17. The molecular weight excluding hydrogens is 318 g/mol. The van der Waals surface area contributed by atoms with E-state index in [1.54, 1.807) is 0 Å². The minimum absolute atomic E-state index is 0.302. The number of thiophene rings is 1. The van der Waals surface area contributed by atoms with E-state index in [1.165, 1.54) is 26.0 Å². The van der Waals surface area contributed by atoms with E-state index in [-0.39, 0.29) is 0 Å². The molecule has 0 amide bonds. The van der Waals surface area contributed by atoms with Crippen LogP contribution in [0.25, 0.3) is 0 Å². The average molecular weight is 338 g/mol. The molecule has 1 aromatic carbocycles. The van der Waals surface area contributed by atoms with E-state index in [0.29, 0.717) is 6.04 Å². The zero-order valence-electron chi connectivity index (χ0n) is 11.7. The molecule has 0 saturated carbocycles. The molecule has 0 fully saturated rings.